The summed E-state index contributed by atoms with van der Waals surface area (Å²) < 4.78 is 5.81. The summed E-state index contributed by atoms with van der Waals surface area (Å²) in [5.74, 6) is 0.948. The molecule has 0 saturated carbocycles. The number of hydrogen-bond acceptors (Lipinski definition) is 4. The Morgan fingerprint density at radius 3 is 2.86 bits per heavy atom. The van der Waals surface area contributed by atoms with E-state index in [1.54, 1.807) is 0 Å². The van der Waals surface area contributed by atoms with Crippen molar-refractivity contribution >= 4 is 11.6 Å². The molecule has 1 aromatic rings. The van der Waals surface area contributed by atoms with Gasteiger partial charge in [-0.05, 0) is 37.4 Å². The summed E-state index contributed by atoms with van der Waals surface area (Å²) in [7, 11) is 0. The molecule has 22 heavy (non-hydrogen) atoms. The molecule has 0 radical (unpaired) electrons. The van der Waals surface area contributed by atoms with Crippen molar-refractivity contribution < 1.29 is 9.53 Å². The highest BCUT2D eigenvalue weighted by atomic mass is 16.5. The fourth-order valence-electron chi connectivity index (χ4n) is 3.00. The van der Waals surface area contributed by atoms with E-state index in [1.165, 1.54) is 12.0 Å². The van der Waals surface area contributed by atoms with Gasteiger partial charge in [-0.25, -0.2) is 0 Å². The molecule has 1 saturated heterocycles. The van der Waals surface area contributed by atoms with Crippen molar-refractivity contribution in [2.75, 3.05) is 44.6 Å². The third kappa shape index (κ3) is 4.21. The largest absolute Gasteiger partial charge is 0.494 e. The Morgan fingerprint density at radius 2 is 2.00 bits per heavy atom. The van der Waals surface area contributed by atoms with Gasteiger partial charge in [-0.3, -0.25) is 4.79 Å². The second-order valence-electron chi connectivity index (χ2n) is 6.01. The zero-order valence-electron chi connectivity index (χ0n) is 13.1. The molecule has 2 aliphatic rings. The lowest BCUT2D eigenvalue weighted by atomic mass is 10.0. The monoisotopic (exact) mass is 303 g/mol. The van der Waals surface area contributed by atoms with Crippen molar-refractivity contribution in [2.24, 2.45) is 0 Å². The lowest BCUT2D eigenvalue weighted by Gasteiger charge is -2.27. The van der Waals surface area contributed by atoms with Crippen LogP contribution in [-0.4, -0.2) is 50.1 Å². The highest BCUT2D eigenvalue weighted by molar-refractivity contribution is 5.94. The van der Waals surface area contributed by atoms with Crippen molar-refractivity contribution in [1.29, 1.82) is 0 Å². The van der Waals surface area contributed by atoms with Gasteiger partial charge in [0.2, 0.25) is 5.91 Å². The Hall–Kier alpha value is -1.59. The normalized spacial score (nSPS) is 18.6. The fraction of sp³-hybridized carbons (Fsp3) is 0.588. The summed E-state index contributed by atoms with van der Waals surface area (Å²) in [4.78, 5) is 13.9. The smallest absolute Gasteiger partial charge is 0.224 e. The molecule has 0 aliphatic carbocycles. The number of rotatable bonds is 6. The first-order chi connectivity index (χ1) is 10.8. The van der Waals surface area contributed by atoms with Crippen LogP contribution in [0.4, 0.5) is 5.69 Å². The van der Waals surface area contributed by atoms with Gasteiger partial charge in [0.1, 0.15) is 5.75 Å². The Labute approximate surface area is 132 Å². The summed E-state index contributed by atoms with van der Waals surface area (Å²) in [5.41, 5.74) is 2.11. The number of nitrogens with one attached hydrogen (secondary N) is 2. The van der Waals surface area contributed by atoms with Gasteiger partial charge in [0.15, 0.2) is 0 Å². The van der Waals surface area contributed by atoms with Gasteiger partial charge in [-0.1, -0.05) is 6.07 Å². The van der Waals surface area contributed by atoms with Gasteiger partial charge in [-0.2, -0.15) is 0 Å². The third-order valence-electron chi connectivity index (χ3n) is 4.32. The van der Waals surface area contributed by atoms with Gasteiger partial charge in [0.05, 0.1) is 6.61 Å². The minimum absolute atomic E-state index is 0.0978. The number of carbonyl (C=O) groups excluding carboxylic acids is 1. The number of benzene rings is 1. The number of nitrogens with zero attached hydrogens (tertiary/aromatic N) is 1. The van der Waals surface area contributed by atoms with E-state index in [0.29, 0.717) is 6.42 Å². The molecule has 3 rings (SSSR count). The van der Waals surface area contributed by atoms with Crippen molar-refractivity contribution in [3.8, 4) is 5.75 Å². The molecule has 0 bridgehead atoms. The summed E-state index contributed by atoms with van der Waals surface area (Å²) in [6.45, 7) is 6.43. The average molecular weight is 303 g/mol. The maximum Gasteiger partial charge on any atom is 0.224 e. The summed E-state index contributed by atoms with van der Waals surface area (Å²) in [5, 5.41) is 6.28. The number of unbranched alkanes of at least 4 members (excludes halogenated alkanes) is 1. The molecule has 2 heterocycles. The van der Waals surface area contributed by atoms with Crippen LogP contribution in [0, 0.1) is 0 Å². The van der Waals surface area contributed by atoms with E-state index in [4.69, 9.17) is 4.74 Å². The Bertz CT molecular complexity index is 513. The Balaban J connectivity index is 1.38. The van der Waals surface area contributed by atoms with Gasteiger partial charge in [0, 0.05) is 44.4 Å². The van der Waals surface area contributed by atoms with E-state index in [9.17, 15) is 4.79 Å². The number of fused-ring (bicyclic) bond motifs is 1. The molecule has 2 aliphatic heterocycles. The number of anilines is 1. The first-order valence-corrected chi connectivity index (χ1v) is 8.30. The number of aryl methyl sites for hydroxylation is 1. The molecule has 2 N–H and O–H groups in total. The van der Waals surface area contributed by atoms with Crippen molar-refractivity contribution in [1.82, 2.24) is 10.2 Å². The number of carbonyl (C=O) groups is 1. The van der Waals surface area contributed by atoms with E-state index in [-0.39, 0.29) is 5.91 Å². The molecule has 1 fully saturated rings. The molecule has 1 aromatic carbocycles. The lowest BCUT2D eigenvalue weighted by Crippen LogP contribution is -2.43. The zero-order valence-corrected chi connectivity index (χ0v) is 13.1. The van der Waals surface area contributed by atoms with Crippen molar-refractivity contribution in [2.45, 2.75) is 25.7 Å². The van der Waals surface area contributed by atoms with Crippen LogP contribution in [0.25, 0.3) is 0 Å². The van der Waals surface area contributed by atoms with Gasteiger partial charge in [0.25, 0.3) is 0 Å². The number of ether oxygens (including phenoxy) is 1. The van der Waals surface area contributed by atoms with Crippen LogP contribution in [0.3, 0.4) is 0 Å². The summed E-state index contributed by atoms with van der Waals surface area (Å²) >= 11 is 0. The molecule has 0 spiro atoms. The first kappa shape index (κ1) is 15.3. The zero-order chi connectivity index (χ0) is 15.2. The highest BCUT2D eigenvalue weighted by Crippen LogP contribution is 2.27. The minimum atomic E-state index is 0.0978. The average Bonchev–Trinajstić information content (AvgIpc) is 2.55. The quantitative estimate of drug-likeness (QED) is 0.785. The first-order valence-electron chi connectivity index (χ1n) is 8.30. The van der Waals surface area contributed by atoms with E-state index >= 15 is 0 Å². The van der Waals surface area contributed by atoms with Crippen molar-refractivity contribution in [3.63, 3.8) is 0 Å². The standard InChI is InChI=1S/C17H25N3O2/c21-17-6-4-14-3-5-15(13-16(14)19-17)22-12-2-1-9-20-10-7-18-8-11-20/h3,5,13,18H,1-2,4,6-12H2,(H,19,21). The molecule has 0 aromatic heterocycles. The Morgan fingerprint density at radius 1 is 1.14 bits per heavy atom. The molecule has 120 valence electrons. The Kier molecular flexibility index (Phi) is 5.29. The number of piperazine rings is 1. The SMILES string of the molecule is O=C1CCc2ccc(OCCCCN3CCNCC3)cc2N1. The van der Waals surface area contributed by atoms with E-state index in [0.717, 1.165) is 63.6 Å². The van der Waals surface area contributed by atoms with Crippen LogP contribution < -0.4 is 15.4 Å². The van der Waals surface area contributed by atoms with E-state index in [2.05, 4.69) is 21.6 Å². The molecular formula is C17H25N3O2. The molecule has 5 nitrogen and oxygen atoms in total. The van der Waals surface area contributed by atoms with Crippen LogP contribution in [0.15, 0.2) is 18.2 Å². The van der Waals surface area contributed by atoms with Crippen LogP contribution in [0.1, 0.15) is 24.8 Å². The number of hydrogen-bond donors (Lipinski definition) is 2. The topological polar surface area (TPSA) is 53.6 Å². The molecule has 0 unspecified atom stereocenters. The maximum atomic E-state index is 11.4. The van der Waals surface area contributed by atoms with E-state index in [1.807, 2.05) is 12.1 Å². The maximum absolute atomic E-state index is 11.4. The van der Waals surface area contributed by atoms with Crippen LogP contribution in [0.5, 0.6) is 5.75 Å². The highest BCUT2D eigenvalue weighted by Gasteiger charge is 2.15. The molecule has 0 atom stereocenters. The van der Waals surface area contributed by atoms with Crippen LogP contribution in [0.2, 0.25) is 0 Å². The summed E-state index contributed by atoms with van der Waals surface area (Å²) in [6, 6.07) is 6.01. The van der Waals surface area contributed by atoms with Gasteiger partial charge < -0.3 is 20.3 Å². The molecule has 1 amide bonds. The fourth-order valence-corrected chi connectivity index (χ4v) is 3.00. The third-order valence-corrected chi connectivity index (χ3v) is 4.32. The van der Waals surface area contributed by atoms with E-state index < -0.39 is 0 Å². The predicted molar refractivity (Wildman–Crippen MR) is 87.4 cm³/mol. The number of amides is 1. The summed E-state index contributed by atoms with van der Waals surface area (Å²) in [6.07, 6.45) is 3.64. The lowest BCUT2D eigenvalue weighted by molar-refractivity contribution is -0.116. The van der Waals surface area contributed by atoms with Crippen LogP contribution >= 0.6 is 0 Å². The van der Waals surface area contributed by atoms with Crippen LogP contribution in [-0.2, 0) is 11.2 Å². The second kappa shape index (κ2) is 7.61. The van der Waals surface area contributed by atoms with Gasteiger partial charge in [-0.15, -0.1) is 0 Å². The predicted octanol–water partition coefficient (Wildman–Crippen LogP) is 1.64. The van der Waals surface area contributed by atoms with Gasteiger partial charge >= 0.3 is 0 Å². The molecular weight excluding hydrogens is 278 g/mol. The minimum Gasteiger partial charge on any atom is -0.494 e. The second-order valence-corrected chi connectivity index (χ2v) is 6.01. The molecule has 5 heteroatoms. The van der Waals surface area contributed by atoms with Crippen molar-refractivity contribution in [3.05, 3.63) is 23.8 Å².